The van der Waals surface area contributed by atoms with Crippen LogP contribution in [-0.2, 0) is 0 Å². The highest BCUT2D eigenvalue weighted by Crippen LogP contribution is 2.29. The van der Waals surface area contributed by atoms with Gasteiger partial charge in [0.05, 0.1) is 0 Å². The van der Waals surface area contributed by atoms with Gasteiger partial charge in [-0.05, 0) is 57.0 Å². The third-order valence-electron chi connectivity index (χ3n) is 4.31. The summed E-state index contributed by atoms with van der Waals surface area (Å²) in [5.74, 6) is 2.69. The van der Waals surface area contributed by atoms with Gasteiger partial charge >= 0.3 is 0 Å². The van der Waals surface area contributed by atoms with Gasteiger partial charge in [-0.3, -0.25) is 0 Å². The Morgan fingerprint density at radius 2 is 2.12 bits per heavy atom. The highest BCUT2D eigenvalue weighted by atomic mass is 32.1. The van der Waals surface area contributed by atoms with Crippen molar-refractivity contribution in [3.8, 4) is 0 Å². The highest BCUT2D eigenvalue weighted by Gasteiger charge is 2.34. The number of fused-ring (bicyclic) bond motifs is 1. The van der Waals surface area contributed by atoms with Gasteiger partial charge in [0.1, 0.15) is 0 Å². The molecule has 0 N–H and O–H groups in total. The largest absolute Gasteiger partial charge is 0.303 e. The summed E-state index contributed by atoms with van der Waals surface area (Å²) in [6.07, 6.45) is 4.22. The number of nitrogens with zero attached hydrogens (tertiary/aromatic N) is 2. The van der Waals surface area contributed by atoms with E-state index in [2.05, 4.69) is 36.4 Å². The van der Waals surface area contributed by atoms with Crippen LogP contribution in [0, 0.1) is 11.8 Å². The normalized spacial score (nSPS) is 34.7. The van der Waals surface area contributed by atoms with Gasteiger partial charge in [0, 0.05) is 19.1 Å². The van der Waals surface area contributed by atoms with Gasteiger partial charge in [-0.1, -0.05) is 6.92 Å². The summed E-state index contributed by atoms with van der Waals surface area (Å²) in [5.41, 5.74) is 0. The SMILES string of the molecule is CC(CS)CN1CCC2C(CCCN2C)C1. The molecule has 2 heterocycles. The minimum absolute atomic E-state index is 0.737. The first-order chi connectivity index (χ1) is 7.70. The molecule has 2 aliphatic heterocycles. The minimum Gasteiger partial charge on any atom is -0.303 e. The number of hydrogen-bond acceptors (Lipinski definition) is 3. The van der Waals surface area contributed by atoms with Crippen molar-refractivity contribution < 1.29 is 0 Å². The van der Waals surface area contributed by atoms with Gasteiger partial charge in [-0.25, -0.2) is 0 Å². The second kappa shape index (κ2) is 5.74. The Bertz CT molecular complexity index is 222. The van der Waals surface area contributed by atoms with Crippen molar-refractivity contribution in [3.05, 3.63) is 0 Å². The van der Waals surface area contributed by atoms with Crippen LogP contribution in [-0.4, -0.2) is 54.8 Å². The molecule has 0 radical (unpaired) electrons. The van der Waals surface area contributed by atoms with Crippen molar-refractivity contribution in [2.45, 2.75) is 32.2 Å². The van der Waals surface area contributed by atoms with Gasteiger partial charge < -0.3 is 9.80 Å². The zero-order chi connectivity index (χ0) is 11.5. The first-order valence-electron chi connectivity index (χ1n) is 6.74. The second-order valence-electron chi connectivity index (χ2n) is 5.79. The number of piperidine rings is 2. The Labute approximate surface area is 106 Å². The van der Waals surface area contributed by atoms with Crippen molar-refractivity contribution in [3.63, 3.8) is 0 Å². The lowest BCUT2D eigenvalue weighted by Crippen LogP contribution is -2.53. The molecule has 3 atom stereocenters. The number of rotatable bonds is 3. The standard InChI is InChI=1S/C13H26N2S/c1-11(10-16)8-15-7-5-13-12(9-15)4-3-6-14(13)2/h11-13,16H,3-10H2,1-2H3. The van der Waals surface area contributed by atoms with E-state index in [1.807, 2.05) is 0 Å². The lowest BCUT2D eigenvalue weighted by Gasteiger charge is -2.46. The van der Waals surface area contributed by atoms with Crippen LogP contribution in [0.5, 0.6) is 0 Å². The van der Waals surface area contributed by atoms with Crippen LogP contribution >= 0.6 is 12.6 Å². The molecule has 0 aliphatic carbocycles. The van der Waals surface area contributed by atoms with Gasteiger partial charge in [-0.15, -0.1) is 0 Å². The van der Waals surface area contributed by atoms with E-state index in [0.717, 1.165) is 23.6 Å². The third kappa shape index (κ3) is 2.93. The van der Waals surface area contributed by atoms with E-state index in [4.69, 9.17) is 0 Å². The number of hydrogen-bond donors (Lipinski definition) is 1. The first-order valence-corrected chi connectivity index (χ1v) is 7.37. The summed E-state index contributed by atoms with van der Waals surface area (Å²) < 4.78 is 0. The van der Waals surface area contributed by atoms with Crippen molar-refractivity contribution in [2.75, 3.05) is 39.0 Å². The van der Waals surface area contributed by atoms with E-state index in [1.165, 1.54) is 45.4 Å². The Kier molecular flexibility index (Phi) is 4.57. The van der Waals surface area contributed by atoms with Crippen molar-refractivity contribution in [1.29, 1.82) is 0 Å². The molecule has 0 saturated carbocycles. The molecule has 2 nitrogen and oxygen atoms in total. The Hall–Kier alpha value is 0.270. The quantitative estimate of drug-likeness (QED) is 0.756. The summed E-state index contributed by atoms with van der Waals surface area (Å²) in [6, 6.07) is 0.872. The molecule has 2 rings (SSSR count). The smallest absolute Gasteiger partial charge is 0.0145 e. The number of thiol groups is 1. The average molecular weight is 242 g/mol. The maximum atomic E-state index is 4.39. The summed E-state index contributed by atoms with van der Waals surface area (Å²) in [4.78, 5) is 5.26. The van der Waals surface area contributed by atoms with Gasteiger partial charge in [0.15, 0.2) is 0 Å². The molecule has 0 aromatic heterocycles. The maximum absolute atomic E-state index is 4.39. The summed E-state index contributed by atoms with van der Waals surface area (Å²) >= 11 is 4.39. The van der Waals surface area contributed by atoms with Gasteiger partial charge in [0.2, 0.25) is 0 Å². The number of likely N-dealkylation sites (tertiary alicyclic amines) is 2. The molecule has 2 aliphatic rings. The second-order valence-corrected chi connectivity index (χ2v) is 6.15. The fourth-order valence-corrected chi connectivity index (χ4v) is 3.51. The lowest BCUT2D eigenvalue weighted by atomic mass is 9.84. The van der Waals surface area contributed by atoms with Crippen molar-refractivity contribution in [1.82, 2.24) is 9.80 Å². The molecular weight excluding hydrogens is 216 g/mol. The predicted molar refractivity (Wildman–Crippen MR) is 73.2 cm³/mol. The first kappa shape index (κ1) is 12.7. The van der Waals surface area contributed by atoms with E-state index in [-0.39, 0.29) is 0 Å². The minimum atomic E-state index is 0.737. The molecule has 16 heavy (non-hydrogen) atoms. The summed E-state index contributed by atoms with van der Waals surface area (Å²) in [5, 5.41) is 0. The van der Waals surface area contributed by atoms with Crippen LogP contribution in [0.3, 0.4) is 0 Å². The molecule has 0 aromatic carbocycles. The van der Waals surface area contributed by atoms with E-state index < -0.39 is 0 Å². The average Bonchev–Trinajstić information content (AvgIpc) is 2.29. The molecule has 0 aromatic rings. The molecular formula is C13H26N2S. The molecule has 0 spiro atoms. The zero-order valence-corrected chi connectivity index (χ0v) is 11.6. The molecule has 2 saturated heterocycles. The van der Waals surface area contributed by atoms with Gasteiger partial charge in [0.25, 0.3) is 0 Å². The van der Waals surface area contributed by atoms with E-state index in [0.29, 0.717) is 0 Å². The van der Waals surface area contributed by atoms with Crippen LogP contribution in [0.25, 0.3) is 0 Å². The van der Waals surface area contributed by atoms with Crippen LogP contribution < -0.4 is 0 Å². The van der Waals surface area contributed by atoms with Gasteiger partial charge in [-0.2, -0.15) is 12.6 Å². The monoisotopic (exact) mass is 242 g/mol. The van der Waals surface area contributed by atoms with Crippen LogP contribution in [0.1, 0.15) is 26.2 Å². The third-order valence-corrected chi connectivity index (χ3v) is 4.93. The zero-order valence-electron chi connectivity index (χ0n) is 10.7. The van der Waals surface area contributed by atoms with E-state index in [1.54, 1.807) is 0 Å². The molecule has 0 amide bonds. The summed E-state index contributed by atoms with van der Waals surface area (Å²) in [6.45, 7) is 7.49. The fraction of sp³-hybridized carbons (Fsp3) is 1.00. The van der Waals surface area contributed by atoms with E-state index in [9.17, 15) is 0 Å². The highest BCUT2D eigenvalue weighted by molar-refractivity contribution is 7.80. The molecule has 3 heteroatoms. The summed E-state index contributed by atoms with van der Waals surface area (Å²) in [7, 11) is 2.31. The van der Waals surface area contributed by atoms with Crippen LogP contribution in [0.4, 0.5) is 0 Å². The Balaban J connectivity index is 1.85. The predicted octanol–water partition coefficient (Wildman–Crippen LogP) is 1.97. The topological polar surface area (TPSA) is 6.48 Å². The fourth-order valence-electron chi connectivity index (χ4n) is 3.39. The molecule has 2 fully saturated rings. The Morgan fingerprint density at radius 3 is 2.88 bits per heavy atom. The van der Waals surface area contributed by atoms with Crippen molar-refractivity contribution in [2.24, 2.45) is 11.8 Å². The van der Waals surface area contributed by atoms with Crippen molar-refractivity contribution >= 4 is 12.6 Å². The maximum Gasteiger partial charge on any atom is 0.0145 e. The van der Waals surface area contributed by atoms with Crippen LogP contribution in [0.15, 0.2) is 0 Å². The lowest BCUT2D eigenvalue weighted by molar-refractivity contribution is 0.0345. The van der Waals surface area contributed by atoms with E-state index >= 15 is 0 Å². The molecule has 0 bridgehead atoms. The molecule has 94 valence electrons. The Morgan fingerprint density at radius 1 is 1.31 bits per heavy atom. The molecule has 3 unspecified atom stereocenters. The van der Waals surface area contributed by atoms with Crippen LogP contribution in [0.2, 0.25) is 0 Å².